The first-order chi connectivity index (χ1) is 10.0. The normalized spacial score (nSPS) is 28.6. The molecule has 0 radical (unpaired) electrons. The molecule has 2 unspecified atom stereocenters. The van der Waals surface area contributed by atoms with E-state index in [4.69, 9.17) is 11.5 Å². The van der Waals surface area contributed by atoms with Gasteiger partial charge in [0.25, 0.3) is 0 Å². The second-order valence-electron chi connectivity index (χ2n) is 6.20. The Morgan fingerprint density at radius 2 is 1.95 bits per heavy atom. The molecule has 2 fully saturated rings. The lowest BCUT2D eigenvalue weighted by Crippen LogP contribution is -2.57. The smallest absolute Gasteiger partial charge is 0.236 e. The largest absolute Gasteiger partial charge is 0.369 e. The van der Waals surface area contributed by atoms with Crippen LogP contribution in [0.25, 0.3) is 0 Å². The summed E-state index contributed by atoms with van der Waals surface area (Å²) in [4.78, 5) is 29.9. The van der Waals surface area contributed by atoms with Gasteiger partial charge in [-0.2, -0.15) is 0 Å². The summed E-state index contributed by atoms with van der Waals surface area (Å²) in [6.45, 7) is 4.85. The Kier molecular flexibility index (Phi) is 5.55. The predicted octanol–water partition coefficient (Wildman–Crippen LogP) is -1.71. The highest BCUT2D eigenvalue weighted by molar-refractivity contribution is 5.81. The van der Waals surface area contributed by atoms with Crippen LogP contribution >= 0.6 is 0 Å². The molecule has 0 bridgehead atoms. The molecule has 0 spiro atoms. The molecule has 2 rings (SSSR count). The maximum absolute atomic E-state index is 12.5. The highest BCUT2D eigenvalue weighted by Crippen LogP contribution is 2.17. The average molecular weight is 297 g/mol. The molecule has 120 valence electrons. The van der Waals surface area contributed by atoms with Crippen LogP contribution in [0.5, 0.6) is 0 Å². The van der Waals surface area contributed by atoms with E-state index >= 15 is 0 Å². The molecule has 21 heavy (non-hydrogen) atoms. The Hall–Kier alpha value is -1.18. The number of primary amides is 1. The molecule has 7 nitrogen and oxygen atoms in total. The van der Waals surface area contributed by atoms with Gasteiger partial charge in [0.05, 0.1) is 12.5 Å². The molecular weight excluding hydrogens is 270 g/mol. The van der Waals surface area contributed by atoms with Gasteiger partial charge >= 0.3 is 0 Å². The van der Waals surface area contributed by atoms with Crippen LogP contribution in [0.4, 0.5) is 0 Å². The van der Waals surface area contributed by atoms with Gasteiger partial charge in [0.1, 0.15) is 0 Å². The fourth-order valence-corrected chi connectivity index (χ4v) is 3.19. The van der Waals surface area contributed by atoms with Crippen molar-refractivity contribution in [2.24, 2.45) is 17.4 Å². The Labute approximate surface area is 126 Å². The molecule has 2 aliphatic rings. The molecule has 2 amide bonds. The first kappa shape index (κ1) is 16.2. The summed E-state index contributed by atoms with van der Waals surface area (Å²) in [7, 11) is 2.07. The van der Waals surface area contributed by atoms with Crippen molar-refractivity contribution in [2.75, 3.05) is 52.9 Å². The van der Waals surface area contributed by atoms with Gasteiger partial charge in [-0.05, 0) is 19.9 Å². The van der Waals surface area contributed by atoms with Crippen molar-refractivity contribution in [2.45, 2.75) is 18.9 Å². The van der Waals surface area contributed by atoms with Gasteiger partial charge < -0.3 is 21.3 Å². The summed E-state index contributed by atoms with van der Waals surface area (Å²) in [6, 6.07) is 0.226. The zero-order valence-electron chi connectivity index (χ0n) is 12.8. The van der Waals surface area contributed by atoms with Gasteiger partial charge in [-0.25, -0.2) is 0 Å². The molecule has 7 heteroatoms. The highest BCUT2D eigenvalue weighted by atomic mass is 16.2. The van der Waals surface area contributed by atoms with Crippen LogP contribution in [-0.2, 0) is 9.59 Å². The molecule has 0 aliphatic carbocycles. The summed E-state index contributed by atoms with van der Waals surface area (Å²) in [5.41, 5.74) is 11.2. The fraction of sp³-hybridized carbons (Fsp3) is 0.857. The number of amides is 2. The van der Waals surface area contributed by atoms with Crippen LogP contribution in [0.2, 0.25) is 0 Å². The first-order valence-corrected chi connectivity index (χ1v) is 7.71. The van der Waals surface area contributed by atoms with Crippen LogP contribution in [0.3, 0.4) is 0 Å². The number of nitrogens with zero attached hydrogens (tertiary/aromatic N) is 3. The second kappa shape index (κ2) is 7.20. The van der Waals surface area contributed by atoms with Crippen molar-refractivity contribution in [1.82, 2.24) is 14.7 Å². The predicted molar refractivity (Wildman–Crippen MR) is 80.4 cm³/mol. The third kappa shape index (κ3) is 4.15. The van der Waals surface area contributed by atoms with E-state index in [1.807, 2.05) is 0 Å². The number of carbonyl (C=O) groups is 2. The lowest BCUT2D eigenvalue weighted by Gasteiger charge is -2.40. The topological polar surface area (TPSA) is 95.9 Å². The second-order valence-corrected chi connectivity index (χ2v) is 6.20. The number of hydrogen-bond acceptors (Lipinski definition) is 5. The average Bonchev–Trinajstić information content (AvgIpc) is 2.49. The van der Waals surface area contributed by atoms with E-state index in [1.165, 1.54) is 0 Å². The minimum Gasteiger partial charge on any atom is -0.369 e. The molecule has 2 saturated heterocycles. The maximum Gasteiger partial charge on any atom is 0.236 e. The monoisotopic (exact) mass is 297 g/mol. The minimum atomic E-state index is -0.299. The van der Waals surface area contributed by atoms with E-state index in [9.17, 15) is 9.59 Å². The van der Waals surface area contributed by atoms with Gasteiger partial charge in [0, 0.05) is 45.3 Å². The van der Waals surface area contributed by atoms with E-state index in [0.717, 1.165) is 39.0 Å². The van der Waals surface area contributed by atoms with E-state index in [2.05, 4.69) is 16.8 Å². The van der Waals surface area contributed by atoms with Crippen molar-refractivity contribution in [3.05, 3.63) is 0 Å². The van der Waals surface area contributed by atoms with Crippen LogP contribution < -0.4 is 11.5 Å². The summed E-state index contributed by atoms with van der Waals surface area (Å²) in [5.74, 6) is -0.406. The van der Waals surface area contributed by atoms with Crippen LogP contribution in [0, 0.1) is 5.92 Å². The number of carbonyl (C=O) groups excluding carboxylic acids is 2. The van der Waals surface area contributed by atoms with Crippen LogP contribution in [0.1, 0.15) is 12.8 Å². The van der Waals surface area contributed by atoms with Gasteiger partial charge in [0.2, 0.25) is 11.8 Å². The summed E-state index contributed by atoms with van der Waals surface area (Å²) >= 11 is 0. The lowest BCUT2D eigenvalue weighted by molar-refractivity contribution is -0.137. The highest BCUT2D eigenvalue weighted by Gasteiger charge is 2.30. The van der Waals surface area contributed by atoms with Crippen LogP contribution in [0.15, 0.2) is 0 Å². The maximum atomic E-state index is 12.5. The van der Waals surface area contributed by atoms with Crippen molar-refractivity contribution in [3.63, 3.8) is 0 Å². The molecule has 2 heterocycles. The van der Waals surface area contributed by atoms with E-state index in [-0.39, 0.29) is 23.8 Å². The fourth-order valence-electron chi connectivity index (χ4n) is 3.19. The van der Waals surface area contributed by atoms with Crippen LogP contribution in [-0.4, -0.2) is 85.4 Å². The van der Waals surface area contributed by atoms with E-state index < -0.39 is 0 Å². The van der Waals surface area contributed by atoms with Gasteiger partial charge in [-0.1, -0.05) is 0 Å². The first-order valence-electron chi connectivity index (χ1n) is 7.71. The summed E-state index contributed by atoms with van der Waals surface area (Å²) in [6.07, 6.45) is 1.64. The molecular formula is C14H27N5O2. The quantitative estimate of drug-likeness (QED) is 0.644. The number of likely N-dealkylation sites (N-methyl/N-ethyl adjacent to an activating group) is 1. The number of hydrogen-bond donors (Lipinski definition) is 2. The Morgan fingerprint density at radius 3 is 2.62 bits per heavy atom. The molecule has 0 aromatic heterocycles. The molecule has 2 aliphatic heterocycles. The zero-order valence-corrected chi connectivity index (χ0v) is 12.8. The summed E-state index contributed by atoms with van der Waals surface area (Å²) in [5, 5.41) is 0. The van der Waals surface area contributed by atoms with Crippen molar-refractivity contribution < 1.29 is 9.59 Å². The SMILES string of the molecule is CN1CCN(CC(=O)N2CCCC(C(N)=O)C2)C(CN)C1. The zero-order chi connectivity index (χ0) is 15.4. The Morgan fingerprint density at radius 1 is 1.19 bits per heavy atom. The van der Waals surface area contributed by atoms with Gasteiger partial charge in [-0.15, -0.1) is 0 Å². The number of nitrogens with two attached hydrogens (primary N) is 2. The van der Waals surface area contributed by atoms with E-state index in [0.29, 0.717) is 19.6 Å². The van der Waals surface area contributed by atoms with Gasteiger partial charge in [-0.3, -0.25) is 14.5 Å². The molecule has 0 saturated carbocycles. The number of piperazine rings is 1. The number of likely N-dealkylation sites (tertiary alicyclic amines) is 1. The van der Waals surface area contributed by atoms with Crippen molar-refractivity contribution in [1.29, 1.82) is 0 Å². The number of piperidine rings is 1. The molecule has 2 atom stereocenters. The third-order valence-electron chi connectivity index (χ3n) is 4.59. The standard InChI is InChI=1S/C14H27N5O2/c1-17-5-6-18(12(7-15)9-17)10-13(20)19-4-2-3-11(8-19)14(16)21/h11-12H,2-10,15H2,1H3,(H2,16,21). The van der Waals surface area contributed by atoms with Crippen molar-refractivity contribution in [3.8, 4) is 0 Å². The Bertz CT molecular complexity index is 390. The minimum absolute atomic E-state index is 0.0870. The molecule has 0 aromatic rings. The molecule has 4 N–H and O–H groups in total. The van der Waals surface area contributed by atoms with Crippen molar-refractivity contribution >= 4 is 11.8 Å². The number of rotatable bonds is 4. The lowest BCUT2D eigenvalue weighted by atomic mass is 9.97. The van der Waals surface area contributed by atoms with E-state index in [1.54, 1.807) is 4.90 Å². The Balaban J connectivity index is 1.89. The summed E-state index contributed by atoms with van der Waals surface area (Å²) < 4.78 is 0. The molecule has 0 aromatic carbocycles. The van der Waals surface area contributed by atoms with Gasteiger partial charge in [0.15, 0.2) is 0 Å². The third-order valence-corrected chi connectivity index (χ3v) is 4.59.